The molecule has 0 spiro atoms. The Kier molecular flexibility index (Phi) is 8.27. The summed E-state index contributed by atoms with van der Waals surface area (Å²) >= 11 is 0. The van der Waals surface area contributed by atoms with Gasteiger partial charge in [-0.1, -0.05) is 121 Å². The first-order valence-corrected chi connectivity index (χ1v) is 15.0. The molecule has 0 heterocycles. The topological polar surface area (TPSA) is 0 Å². The molecule has 0 atom stereocenters. The Hall–Kier alpha value is -4.62. The molecule has 0 saturated heterocycles. The van der Waals surface area contributed by atoms with E-state index in [1.54, 1.807) is 0 Å². The first kappa shape index (κ1) is 29.1. The SMILES string of the molecule is [Y].[c-]1ccccc1-c1[c-]ccc(-c2ccc(-c3c4ccccc4c(-c4cccc(-c5ccccc5)c4)c4ccccc34)cc2)c1. The second-order valence-corrected chi connectivity index (χ2v) is 11.1. The molecule has 0 N–H and O–H groups in total. The van der Waals surface area contributed by atoms with E-state index in [2.05, 4.69) is 158 Å². The van der Waals surface area contributed by atoms with E-state index in [9.17, 15) is 0 Å². The molecule has 209 valence electrons. The molecule has 1 radical (unpaired) electrons. The van der Waals surface area contributed by atoms with Gasteiger partial charge in [-0.15, -0.1) is 17.7 Å². The van der Waals surface area contributed by atoms with Crippen LogP contribution in [0.25, 0.3) is 77.2 Å². The van der Waals surface area contributed by atoms with E-state index in [0.29, 0.717) is 0 Å². The molecule has 0 aliphatic rings. The van der Waals surface area contributed by atoms with Crippen LogP contribution in [0.3, 0.4) is 0 Å². The van der Waals surface area contributed by atoms with Gasteiger partial charge < -0.3 is 0 Å². The standard InChI is InChI=1S/C44H28.Y/c1-3-13-31(14-4-1)35-17-11-18-36(29-35)33-25-27-34(28-26-33)43-39-21-7-9-23-41(39)44(42-24-10-8-22-40(42)43)38-20-12-19-37(30-38)32-15-5-2-6-16-32;/h1-13,15-16,18-30H;/q-2;. The molecule has 0 fully saturated rings. The van der Waals surface area contributed by atoms with Crippen molar-refractivity contribution < 1.29 is 32.7 Å². The Morgan fingerprint density at radius 3 is 1.42 bits per heavy atom. The first-order chi connectivity index (χ1) is 21.8. The molecule has 0 amide bonds. The molecule has 1 heteroatoms. The van der Waals surface area contributed by atoms with Gasteiger partial charge in [0.15, 0.2) is 0 Å². The molecule has 0 aromatic heterocycles. The molecule has 0 nitrogen and oxygen atoms in total. The van der Waals surface area contributed by atoms with E-state index in [1.165, 1.54) is 66.1 Å². The molecule has 8 aromatic carbocycles. The zero-order chi connectivity index (χ0) is 29.3. The minimum absolute atomic E-state index is 0. The summed E-state index contributed by atoms with van der Waals surface area (Å²) in [6, 6.07) is 67.4. The van der Waals surface area contributed by atoms with Crippen molar-refractivity contribution in [1.29, 1.82) is 0 Å². The Balaban J connectivity index is 0.00000325. The number of fused-ring (bicyclic) bond motifs is 2. The molecule has 0 aliphatic heterocycles. The van der Waals surface area contributed by atoms with Crippen LogP contribution in [0, 0.1) is 12.1 Å². The van der Waals surface area contributed by atoms with Crippen LogP contribution in [0.4, 0.5) is 0 Å². The largest absolute Gasteiger partial charge is 0.226 e. The molecule has 0 saturated carbocycles. The van der Waals surface area contributed by atoms with E-state index >= 15 is 0 Å². The van der Waals surface area contributed by atoms with Gasteiger partial charge in [0.2, 0.25) is 0 Å². The summed E-state index contributed by atoms with van der Waals surface area (Å²) in [7, 11) is 0. The third-order valence-corrected chi connectivity index (χ3v) is 8.50. The predicted molar refractivity (Wildman–Crippen MR) is 186 cm³/mol. The second-order valence-electron chi connectivity index (χ2n) is 11.1. The van der Waals surface area contributed by atoms with Crippen LogP contribution in [0.5, 0.6) is 0 Å². The molecule has 8 aromatic rings. The summed E-state index contributed by atoms with van der Waals surface area (Å²) in [5.41, 5.74) is 11.9. The molecule has 0 unspecified atom stereocenters. The number of rotatable bonds is 5. The van der Waals surface area contributed by atoms with Crippen molar-refractivity contribution in [3.05, 3.63) is 182 Å². The minimum Gasteiger partial charge on any atom is -0.226 e. The fraction of sp³-hybridized carbons (Fsp3) is 0. The molecule has 0 bridgehead atoms. The van der Waals surface area contributed by atoms with Crippen LogP contribution in [0.15, 0.2) is 170 Å². The average Bonchev–Trinajstić information content (AvgIpc) is 3.11. The second kappa shape index (κ2) is 12.8. The average molecular weight is 646 g/mol. The van der Waals surface area contributed by atoms with Gasteiger partial charge in [0.1, 0.15) is 0 Å². The third-order valence-electron chi connectivity index (χ3n) is 8.50. The third kappa shape index (κ3) is 5.57. The number of hydrogen-bond donors (Lipinski definition) is 0. The zero-order valence-corrected chi connectivity index (χ0v) is 27.6. The van der Waals surface area contributed by atoms with Gasteiger partial charge in [-0.2, -0.15) is 42.5 Å². The summed E-state index contributed by atoms with van der Waals surface area (Å²) in [6.45, 7) is 0. The molecular formula is C44H28Y-2. The molecule has 8 rings (SSSR count). The zero-order valence-electron chi connectivity index (χ0n) is 24.7. The fourth-order valence-electron chi connectivity index (χ4n) is 6.43. The Bertz CT molecular complexity index is 2190. The van der Waals surface area contributed by atoms with Crippen molar-refractivity contribution in [3.8, 4) is 55.6 Å². The van der Waals surface area contributed by atoms with Crippen molar-refractivity contribution >= 4 is 21.5 Å². The van der Waals surface area contributed by atoms with Crippen molar-refractivity contribution in [2.75, 3.05) is 0 Å². The van der Waals surface area contributed by atoms with Gasteiger partial charge in [0.05, 0.1) is 0 Å². The Labute approximate surface area is 289 Å². The maximum absolute atomic E-state index is 3.37. The quantitative estimate of drug-likeness (QED) is 0.129. The Morgan fingerprint density at radius 1 is 0.289 bits per heavy atom. The molecular weight excluding hydrogens is 617 g/mol. The smallest absolute Gasteiger partial charge is 0 e. The minimum atomic E-state index is 0. The normalized spacial score (nSPS) is 10.9. The maximum atomic E-state index is 3.37. The van der Waals surface area contributed by atoms with Crippen molar-refractivity contribution in [3.63, 3.8) is 0 Å². The van der Waals surface area contributed by atoms with E-state index in [1.807, 2.05) is 24.3 Å². The van der Waals surface area contributed by atoms with E-state index in [0.717, 1.165) is 11.1 Å². The number of benzene rings is 8. The van der Waals surface area contributed by atoms with Crippen molar-refractivity contribution in [1.82, 2.24) is 0 Å². The monoisotopic (exact) mass is 645 g/mol. The first-order valence-electron chi connectivity index (χ1n) is 15.0. The van der Waals surface area contributed by atoms with Gasteiger partial charge in [0, 0.05) is 32.7 Å². The summed E-state index contributed by atoms with van der Waals surface area (Å²) in [5, 5.41) is 5.04. The molecule has 45 heavy (non-hydrogen) atoms. The van der Waals surface area contributed by atoms with E-state index < -0.39 is 0 Å². The molecule has 0 aliphatic carbocycles. The fourth-order valence-corrected chi connectivity index (χ4v) is 6.43. The summed E-state index contributed by atoms with van der Waals surface area (Å²) in [6.07, 6.45) is 0. The Morgan fingerprint density at radius 2 is 0.778 bits per heavy atom. The van der Waals surface area contributed by atoms with Crippen LogP contribution >= 0.6 is 0 Å². The maximum Gasteiger partial charge on any atom is 0 e. The summed E-state index contributed by atoms with van der Waals surface area (Å²) in [4.78, 5) is 0. The van der Waals surface area contributed by atoms with Crippen LogP contribution in [-0.4, -0.2) is 0 Å². The summed E-state index contributed by atoms with van der Waals surface area (Å²) in [5.74, 6) is 0. The van der Waals surface area contributed by atoms with Crippen LogP contribution in [-0.2, 0) is 32.7 Å². The van der Waals surface area contributed by atoms with E-state index in [4.69, 9.17) is 0 Å². The van der Waals surface area contributed by atoms with Crippen LogP contribution in [0.1, 0.15) is 0 Å². The van der Waals surface area contributed by atoms with Gasteiger partial charge in [-0.3, -0.25) is 0 Å². The van der Waals surface area contributed by atoms with Gasteiger partial charge in [-0.05, 0) is 66.6 Å². The van der Waals surface area contributed by atoms with E-state index in [-0.39, 0.29) is 32.7 Å². The van der Waals surface area contributed by atoms with Gasteiger partial charge in [-0.25, -0.2) is 11.1 Å². The number of hydrogen-bond acceptors (Lipinski definition) is 0. The van der Waals surface area contributed by atoms with Crippen LogP contribution in [0.2, 0.25) is 0 Å². The van der Waals surface area contributed by atoms with Crippen molar-refractivity contribution in [2.45, 2.75) is 0 Å². The van der Waals surface area contributed by atoms with Crippen LogP contribution < -0.4 is 0 Å². The van der Waals surface area contributed by atoms with Crippen molar-refractivity contribution in [2.24, 2.45) is 0 Å². The summed E-state index contributed by atoms with van der Waals surface area (Å²) < 4.78 is 0. The van der Waals surface area contributed by atoms with Gasteiger partial charge in [0.25, 0.3) is 0 Å². The van der Waals surface area contributed by atoms with Gasteiger partial charge >= 0.3 is 0 Å². The predicted octanol–water partition coefficient (Wildman–Crippen LogP) is 11.9.